The van der Waals surface area contributed by atoms with Gasteiger partial charge in [0.2, 0.25) is 16.8 Å². The summed E-state index contributed by atoms with van der Waals surface area (Å²) in [6.45, 7) is 2.53. The topological polar surface area (TPSA) is 60.3 Å². The minimum absolute atomic E-state index is 0.206. The average Bonchev–Trinajstić information content (AvgIpc) is 3.16. The first-order valence-electron chi connectivity index (χ1n) is 9.13. The van der Waals surface area contributed by atoms with Crippen LogP contribution in [0, 0.1) is 0 Å². The Balaban J connectivity index is 1.41. The monoisotopic (exact) mass is 429 g/mol. The third kappa shape index (κ3) is 4.19. The molecule has 29 heavy (non-hydrogen) atoms. The van der Waals surface area contributed by atoms with Crippen molar-refractivity contribution in [2.75, 3.05) is 33.0 Å². The normalized spacial score (nSPS) is 18.2. The molecule has 0 unspecified atom stereocenters. The molecule has 10 heteroatoms. The number of sulfonamides is 1. The summed E-state index contributed by atoms with van der Waals surface area (Å²) in [7, 11) is -3.97. The number of nitrogens with zero attached hydrogens (tertiary/aromatic N) is 1. The summed E-state index contributed by atoms with van der Waals surface area (Å²) in [6, 6.07) is 9.61. The van der Waals surface area contributed by atoms with E-state index < -0.39 is 21.8 Å². The Hall–Kier alpha value is -2.30. The van der Waals surface area contributed by atoms with Gasteiger partial charge in [-0.1, -0.05) is 6.07 Å². The standard InChI is InChI=1S/C19H19F3N2O4S/c20-19(21,22)15-2-1-3-16(11-15)29(25,26)24-8-6-23(7-9-24)12-14-4-5-17-18(10-14)28-13-27-17/h1-5,10-11H,6-9,12-13H2/p+1. The highest BCUT2D eigenvalue weighted by atomic mass is 32.2. The van der Waals surface area contributed by atoms with Crippen LogP contribution in [0.5, 0.6) is 11.5 Å². The van der Waals surface area contributed by atoms with Crippen molar-refractivity contribution in [2.45, 2.75) is 17.6 Å². The molecule has 0 aliphatic carbocycles. The lowest BCUT2D eigenvalue weighted by molar-refractivity contribution is -0.917. The summed E-state index contributed by atoms with van der Waals surface area (Å²) < 4.78 is 76.2. The summed E-state index contributed by atoms with van der Waals surface area (Å²) in [5, 5.41) is 0. The third-order valence-corrected chi connectivity index (χ3v) is 7.01. The van der Waals surface area contributed by atoms with Gasteiger partial charge in [-0.05, 0) is 36.4 Å². The third-order valence-electron chi connectivity index (χ3n) is 5.12. The molecule has 0 saturated carbocycles. The number of alkyl halides is 3. The molecular formula is C19H20F3N2O4S+. The second kappa shape index (κ2) is 7.51. The lowest BCUT2D eigenvalue weighted by atomic mass is 10.2. The van der Waals surface area contributed by atoms with E-state index in [0.717, 1.165) is 17.7 Å². The molecule has 1 N–H and O–H groups in total. The highest BCUT2D eigenvalue weighted by molar-refractivity contribution is 7.89. The molecule has 6 nitrogen and oxygen atoms in total. The molecule has 156 valence electrons. The maximum atomic E-state index is 12.9. The van der Waals surface area contributed by atoms with Gasteiger partial charge in [-0.25, -0.2) is 8.42 Å². The Kier molecular flexibility index (Phi) is 5.18. The zero-order chi connectivity index (χ0) is 20.6. The number of ether oxygens (including phenoxy) is 2. The Bertz CT molecular complexity index is 1000. The molecule has 2 aliphatic heterocycles. The molecule has 0 amide bonds. The number of hydrogen-bond acceptors (Lipinski definition) is 4. The second-order valence-electron chi connectivity index (χ2n) is 7.04. The number of halogens is 3. The fourth-order valence-corrected chi connectivity index (χ4v) is 5.03. The van der Waals surface area contributed by atoms with E-state index in [1.165, 1.54) is 15.3 Å². The van der Waals surface area contributed by atoms with E-state index in [1.54, 1.807) is 0 Å². The molecule has 2 aliphatic rings. The number of quaternary nitrogens is 1. The lowest BCUT2D eigenvalue weighted by Crippen LogP contribution is -3.13. The summed E-state index contributed by atoms with van der Waals surface area (Å²) in [4.78, 5) is 0.867. The van der Waals surface area contributed by atoms with Crippen molar-refractivity contribution in [3.63, 3.8) is 0 Å². The zero-order valence-electron chi connectivity index (χ0n) is 15.4. The Labute approximate surface area is 166 Å². The van der Waals surface area contributed by atoms with Crippen molar-refractivity contribution in [3.05, 3.63) is 53.6 Å². The van der Waals surface area contributed by atoms with Crippen LogP contribution in [0.25, 0.3) is 0 Å². The zero-order valence-corrected chi connectivity index (χ0v) is 16.2. The predicted octanol–water partition coefficient (Wildman–Crippen LogP) is 1.52. The number of hydrogen-bond donors (Lipinski definition) is 1. The molecule has 2 aromatic carbocycles. The van der Waals surface area contributed by atoms with Crippen LogP contribution >= 0.6 is 0 Å². The van der Waals surface area contributed by atoms with Crippen molar-refractivity contribution in [2.24, 2.45) is 0 Å². The van der Waals surface area contributed by atoms with Gasteiger partial charge in [0, 0.05) is 5.56 Å². The Morgan fingerprint density at radius 1 is 1.00 bits per heavy atom. The average molecular weight is 429 g/mol. The molecule has 0 spiro atoms. The largest absolute Gasteiger partial charge is 0.454 e. The van der Waals surface area contributed by atoms with Crippen LogP contribution in [0.4, 0.5) is 13.2 Å². The van der Waals surface area contributed by atoms with Crippen LogP contribution in [0.3, 0.4) is 0 Å². The first-order valence-corrected chi connectivity index (χ1v) is 10.6. The van der Waals surface area contributed by atoms with E-state index in [9.17, 15) is 21.6 Å². The van der Waals surface area contributed by atoms with Crippen LogP contribution in [0.2, 0.25) is 0 Å². The SMILES string of the molecule is O=S(=O)(c1cccc(C(F)(F)F)c1)N1CC[NH+](Cc2ccc3c(c2)OCO3)CC1. The lowest BCUT2D eigenvalue weighted by Gasteiger charge is -2.31. The first-order chi connectivity index (χ1) is 13.7. The molecule has 0 aromatic heterocycles. The maximum absolute atomic E-state index is 12.9. The van der Waals surface area contributed by atoms with E-state index in [2.05, 4.69) is 0 Å². The van der Waals surface area contributed by atoms with Gasteiger partial charge in [0.25, 0.3) is 0 Å². The fraction of sp³-hybridized carbons (Fsp3) is 0.368. The van der Waals surface area contributed by atoms with Gasteiger partial charge in [0.05, 0.1) is 36.6 Å². The van der Waals surface area contributed by atoms with Gasteiger partial charge in [-0.3, -0.25) is 0 Å². The van der Waals surface area contributed by atoms with Crippen molar-refractivity contribution < 1.29 is 36.0 Å². The molecule has 1 saturated heterocycles. The van der Waals surface area contributed by atoms with E-state index >= 15 is 0 Å². The van der Waals surface area contributed by atoms with Crippen molar-refractivity contribution in [3.8, 4) is 11.5 Å². The Morgan fingerprint density at radius 2 is 1.72 bits per heavy atom. The van der Waals surface area contributed by atoms with Gasteiger partial charge in [-0.2, -0.15) is 17.5 Å². The molecule has 4 rings (SSSR count). The molecular weight excluding hydrogens is 409 g/mol. The van der Waals surface area contributed by atoms with Crippen LogP contribution in [0.1, 0.15) is 11.1 Å². The van der Waals surface area contributed by atoms with Gasteiger partial charge in [0.1, 0.15) is 6.54 Å². The molecule has 0 atom stereocenters. The molecule has 0 bridgehead atoms. The van der Waals surface area contributed by atoms with Crippen LogP contribution in [-0.4, -0.2) is 45.7 Å². The Morgan fingerprint density at radius 3 is 2.45 bits per heavy atom. The van der Waals surface area contributed by atoms with Gasteiger partial charge in [0.15, 0.2) is 11.5 Å². The van der Waals surface area contributed by atoms with Crippen LogP contribution in [0.15, 0.2) is 47.4 Å². The summed E-state index contributed by atoms with van der Waals surface area (Å²) in [5.41, 5.74) is 0.0871. The number of fused-ring (bicyclic) bond motifs is 1. The van der Waals surface area contributed by atoms with Gasteiger partial charge in [-0.15, -0.1) is 0 Å². The maximum Gasteiger partial charge on any atom is 0.416 e. The van der Waals surface area contributed by atoms with E-state index in [0.29, 0.717) is 37.2 Å². The van der Waals surface area contributed by atoms with E-state index in [1.807, 2.05) is 18.2 Å². The predicted molar refractivity (Wildman–Crippen MR) is 97.2 cm³/mol. The van der Waals surface area contributed by atoms with Crippen molar-refractivity contribution in [1.82, 2.24) is 4.31 Å². The van der Waals surface area contributed by atoms with Gasteiger partial charge < -0.3 is 14.4 Å². The van der Waals surface area contributed by atoms with Crippen molar-refractivity contribution in [1.29, 1.82) is 0 Å². The first kappa shape index (κ1) is 20.0. The smallest absolute Gasteiger partial charge is 0.416 e. The molecule has 2 heterocycles. The molecule has 2 aromatic rings. The summed E-state index contributed by atoms with van der Waals surface area (Å²) in [6.07, 6.45) is -4.58. The number of benzene rings is 2. The highest BCUT2D eigenvalue weighted by Gasteiger charge is 2.34. The fourth-order valence-electron chi connectivity index (χ4n) is 3.54. The highest BCUT2D eigenvalue weighted by Crippen LogP contribution is 2.32. The molecule has 1 fully saturated rings. The summed E-state index contributed by atoms with van der Waals surface area (Å²) >= 11 is 0. The van der Waals surface area contributed by atoms with Gasteiger partial charge >= 0.3 is 6.18 Å². The second-order valence-corrected chi connectivity index (χ2v) is 8.98. The quantitative estimate of drug-likeness (QED) is 0.801. The summed E-state index contributed by atoms with van der Waals surface area (Å²) in [5.74, 6) is 1.41. The van der Waals surface area contributed by atoms with E-state index in [-0.39, 0.29) is 24.8 Å². The number of rotatable bonds is 4. The van der Waals surface area contributed by atoms with Crippen LogP contribution in [-0.2, 0) is 22.7 Å². The molecule has 0 radical (unpaired) electrons. The van der Waals surface area contributed by atoms with E-state index in [4.69, 9.17) is 9.47 Å². The van der Waals surface area contributed by atoms with Crippen molar-refractivity contribution >= 4 is 10.0 Å². The number of nitrogens with one attached hydrogen (secondary N) is 1. The van der Waals surface area contributed by atoms with Crippen LogP contribution < -0.4 is 14.4 Å². The number of piperazine rings is 1. The minimum Gasteiger partial charge on any atom is -0.454 e. The minimum atomic E-state index is -4.58.